The van der Waals surface area contributed by atoms with Gasteiger partial charge in [0.25, 0.3) is 0 Å². The summed E-state index contributed by atoms with van der Waals surface area (Å²) >= 11 is 0. The van der Waals surface area contributed by atoms with E-state index in [0.717, 1.165) is 18.0 Å². The summed E-state index contributed by atoms with van der Waals surface area (Å²) in [5.74, 6) is 7.22. The first kappa shape index (κ1) is 12.5. The summed E-state index contributed by atoms with van der Waals surface area (Å²) in [6, 6.07) is 1.85. The third-order valence-corrected chi connectivity index (χ3v) is 1.89. The minimum atomic E-state index is 0.446. The highest BCUT2D eigenvalue weighted by molar-refractivity contribution is 5.79. The average molecular weight is 225 g/mol. The molecule has 6 heteroatoms. The summed E-state index contributed by atoms with van der Waals surface area (Å²) in [7, 11) is 0. The second-order valence-electron chi connectivity index (χ2n) is 4.01. The van der Waals surface area contributed by atoms with Crippen LogP contribution in [0, 0.1) is 12.8 Å². The van der Waals surface area contributed by atoms with E-state index in [9.17, 15) is 0 Å². The topological polar surface area (TPSA) is 88.5 Å². The zero-order valence-electron chi connectivity index (χ0n) is 9.95. The molecule has 0 spiro atoms. The summed E-state index contributed by atoms with van der Waals surface area (Å²) in [6.45, 7) is 7.34. The van der Waals surface area contributed by atoms with E-state index in [2.05, 4.69) is 34.7 Å². The van der Waals surface area contributed by atoms with Gasteiger partial charge in [0, 0.05) is 12.6 Å². The lowest BCUT2D eigenvalue weighted by Gasteiger charge is -2.10. The second-order valence-corrected chi connectivity index (χ2v) is 4.01. The molecule has 0 unspecified atom stereocenters. The van der Waals surface area contributed by atoms with Crippen molar-refractivity contribution in [3.63, 3.8) is 0 Å². The molecule has 0 bridgehead atoms. The Morgan fingerprint density at radius 2 is 2.38 bits per heavy atom. The van der Waals surface area contributed by atoms with Crippen LogP contribution < -0.4 is 16.6 Å². The van der Waals surface area contributed by atoms with Crippen LogP contribution in [0.4, 0.5) is 0 Å². The fourth-order valence-corrected chi connectivity index (χ4v) is 1.11. The maximum atomic E-state index is 5.34. The van der Waals surface area contributed by atoms with Gasteiger partial charge < -0.3 is 9.84 Å². The zero-order chi connectivity index (χ0) is 12.0. The fraction of sp³-hybridized carbons (Fsp3) is 0.600. The Labute approximate surface area is 95.3 Å². The molecule has 0 aliphatic rings. The molecule has 6 nitrogen and oxygen atoms in total. The number of nitrogens with one attached hydrogen (secondary N) is 2. The van der Waals surface area contributed by atoms with Crippen LogP contribution in [0.2, 0.25) is 0 Å². The lowest BCUT2D eigenvalue weighted by molar-refractivity contribution is 0.391. The number of nitrogens with two attached hydrogens (primary N) is 1. The number of nitrogens with zero attached hydrogens (tertiary/aromatic N) is 2. The molecule has 0 radical (unpaired) electrons. The Kier molecular flexibility index (Phi) is 4.78. The van der Waals surface area contributed by atoms with Gasteiger partial charge in [-0.2, -0.15) is 0 Å². The van der Waals surface area contributed by atoms with Crippen molar-refractivity contribution < 1.29 is 4.52 Å². The van der Waals surface area contributed by atoms with E-state index in [1.165, 1.54) is 0 Å². The van der Waals surface area contributed by atoms with Crippen molar-refractivity contribution in [3.8, 4) is 0 Å². The maximum absolute atomic E-state index is 5.34. The minimum absolute atomic E-state index is 0.446. The number of aromatic nitrogens is 1. The minimum Gasteiger partial charge on any atom is -0.361 e. The molecule has 0 aliphatic heterocycles. The van der Waals surface area contributed by atoms with Gasteiger partial charge in [0.05, 0.1) is 6.54 Å². The van der Waals surface area contributed by atoms with Crippen molar-refractivity contribution in [2.45, 2.75) is 27.3 Å². The van der Waals surface area contributed by atoms with Crippen LogP contribution >= 0.6 is 0 Å². The predicted molar refractivity (Wildman–Crippen MR) is 62.5 cm³/mol. The smallest absolute Gasteiger partial charge is 0.206 e. The van der Waals surface area contributed by atoms with Gasteiger partial charge in [-0.25, -0.2) is 10.8 Å². The van der Waals surface area contributed by atoms with Crippen molar-refractivity contribution in [1.82, 2.24) is 15.9 Å². The first-order valence-electron chi connectivity index (χ1n) is 5.29. The van der Waals surface area contributed by atoms with E-state index in [1.807, 2.05) is 13.0 Å². The molecule has 1 heterocycles. The molecule has 1 aromatic rings. The van der Waals surface area contributed by atoms with Crippen LogP contribution in [0.5, 0.6) is 0 Å². The molecule has 0 aromatic carbocycles. The highest BCUT2D eigenvalue weighted by atomic mass is 16.5. The Hall–Kier alpha value is -1.56. The number of hydrogen-bond acceptors (Lipinski definition) is 4. The molecule has 16 heavy (non-hydrogen) atoms. The van der Waals surface area contributed by atoms with E-state index in [4.69, 9.17) is 10.4 Å². The molecule has 0 aliphatic carbocycles. The molecule has 4 N–H and O–H groups in total. The van der Waals surface area contributed by atoms with Crippen molar-refractivity contribution >= 4 is 5.96 Å². The Morgan fingerprint density at radius 1 is 1.62 bits per heavy atom. The third kappa shape index (κ3) is 4.31. The number of aryl methyl sites for hydroxylation is 1. The molecule has 1 aromatic heterocycles. The summed E-state index contributed by atoms with van der Waals surface area (Å²) in [5.41, 5.74) is 3.30. The largest absolute Gasteiger partial charge is 0.361 e. The second kappa shape index (κ2) is 6.12. The highest BCUT2D eigenvalue weighted by Gasteiger charge is 2.01. The number of rotatable bonds is 4. The molecule has 0 saturated heterocycles. The molecular formula is C10H19N5O. The summed E-state index contributed by atoms with van der Waals surface area (Å²) in [4.78, 5) is 4.24. The van der Waals surface area contributed by atoms with E-state index < -0.39 is 0 Å². The molecule has 0 fully saturated rings. The van der Waals surface area contributed by atoms with Gasteiger partial charge in [0.15, 0.2) is 0 Å². The highest BCUT2D eigenvalue weighted by Crippen LogP contribution is 2.02. The standard InChI is InChI=1S/C10H19N5O/c1-7(2)5-12-10(14-11)13-6-9-4-8(3)16-15-9/h4,7H,5-6,11H2,1-3H3,(H2,12,13,14). The number of guanidine groups is 1. The molecule has 1 rings (SSSR count). The van der Waals surface area contributed by atoms with Crippen LogP contribution in [0.15, 0.2) is 15.6 Å². The Morgan fingerprint density at radius 3 is 2.88 bits per heavy atom. The molecule has 90 valence electrons. The normalized spacial score (nSPS) is 11.9. The number of hydrogen-bond donors (Lipinski definition) is 3. The SMILES string of the molecule is Cc1cc(CN=C(NN)NCC(C)C)no1. The number of hydrazine groups is 1. The maximum Gasteiger partial charge on any atom is 0.206 e. The lowest BCUT2D eigenvalue weighted by atomic mass is 10.2. The summed E-state index contributed by atoms with van der Waals surface area (Å²) < 4.78 is 4.94. The van der Waals surface area contributed by atoms with Crippen LogP contribution in [0.25, 0.3) is 0 Å². The fourth-order valence-electron chi connectivity index (χ4n) is 1.11. The van der Waals surface area contributed by atoms with Crippen LogP contribution in [-0.2, 0) is 6.54 Å². The van der Waals surface area contributed by atoms with Gasteiger partial charge >= 0.3 is 0 Å². The molecule has 0 atom stereocenters. The predicted octanol–water partition coefficient (Wildman–Crippen LogP) is 0.548. The number of aliphatic imine (C=N–C) groups is 1. The van der Waals surface area contributed by atoms with E-state index in [-0.39, 0.29) is 0 Å². The van der Waals surface area contributed by atoms with Crippen LogP contribution in [0.1, 0.15) is 25.3 Å². The van der Waals surface area contributed by atoms with Gasteiger partial charge in [-0.05, 0) is 12.8 Å². The van der Waals surface area contributed by atoms with Gasteiger partial charge in [-0.1, -0.05) is 19.0 Å². The molecular weight excluding hydrogens is 206 g/mol. The van der Waals surface area contributed by atoms with E-state index in [0.29, 0.717) is 18.4 Å². The summed E-state index contributed by atoms with van der Waals surface area (Å²) in [5, 5.41) is 6.94. The van der Waals surface area contributed by atoms with Gasteiger partial charge in [-0.3, -0.25) is 5.43 Å². The quantitative estimate of drug-likeness (QED) is 0.301. The first-order chi connectivity index (χ1) is 7.61. The zero-order valence-corrected chi connectivity index (χ0v) is 9.95. The van der Waals surface area contributed by atoms with Crippen molar-refractivity contribution in [2.24, 2.45) is 16.8 Å². The lowest BCUT2D eigenvalue weighted by Crippen LogP contribution is -2.42. The van der Waals surface area contributed by atoms with Gasteiger partial charge in [0.1, 0.15) is 11.5 Å². The Bertz CT molecular complexity index is 345. The van der Waals surface area contributed by atoms with Crippen molar-refractivity contribution in [3.05, 3.63) is 17.5 Å². The van der Waals surface area contributed by atoms with Gasteiger partial charge in [0.2, 0.25) is 5.96 Å². The molecule has 0 saturated carbocycles. The third-order valence-electron chi connectivity index (χ3n) is 1.89. The van der Waals surface area contributed by atoms with Crippen LogP contribution in [-0.4, -0.2) is 17.7 Å². The van der Waals surface area contributed by atoms with Gasteiger partial charge in [-0.15, -0.1) is 0 Å². The monoisotopic (exact) mass is 225 g/mol. The average Bonchev–Trinajstić information content (AvgIpc) is 2.64. The summed E-state index contributed by atoms with van der Waals surface area (Å²) in [6.07, 6.45) is 0. The first-order valence-corrected chi connectivity index (χ1v) is 5.29. The Balaban J connectivity index is 2.46. The van der Waals surface area contributed by atoms with E-state index in [1.54, 1.807) is 0 Å². The van der Waals surface area contributed by atoms with E-state index >= 15 is 0 Å². The van der Waals surface area contributed by atoms with Crippen molar-refractivity contribution in [1.29, 1.82) is 0 Å². The van der Waals surface area contributed by atoms with Crippen molar-refractivity contribution in [2.75, 3.05) is 6.54 Å². The molecule has 0 amide bonds. The van der Waals surface area contributed by atoms with Crippen LogP contribution in [0.3, 0.4) is 0 Å².